The number of hydrogen-bond donors (Lipinski definition) is 1. The Kier molecular flexibility index (Phi) is 5.48. The van der Waals surface area contributed by atoms with E-state index in [1.54, 1.807) is 6.07 Å². The predicted octanol–water partition coefficient (Wildman–Crippen LogP) is 4.07. The molecular weight excluding hydrogens is 346 g/mol. The third-order valence-electron chi connectivity index (χ3n) is 4.26. The maximum Gasteiger partial charge on any atom is 0.410 e. The van der Waals surface area contributed by atoms with Crippen LogP contribution in [0, 0.1) is 0 Å². The van der Waals surface area contributed by atoms with Gasteiger partial charge in [-0.25, -0.2) is 4.79 Å². The lowest BCUT2D eigenvalue weighted by Gasteiger charge is -2.35. The summed E-state index contributed by atoms with van der Waals surface area (Å²) < 4.78 is 10.7. The Labute approximate surface area is 158 Å². The number of piperidine rings is 1. The van der Waals surface area contributed by atoms with Crippen molar-refractivity contribution in [3.8, 4) is 11.3 Å². The summed E-state index contributed by atoms with van der Waals surface area (Å²) in [6.07, 6.45) is 1.85. The Hall–Kier alpha value is -2.83. The van der Waals surface area contributed by atoms with E-state index < -0.39 is 17.7 Å². The van der Waals surface area contributed by atoms with Crippen molar-refractivity contribution in [1.82, 2.24) is 10.1 Å². The van der Waals surface area contributed by atoms with Crippen LogP contribution in [-0.2, 0) is 9.53 Å². The van der Waals surface area contributed by atoms with Crippen molar-refractivity contribution < 1.29 is 18.8 Å². The Morgan fingerprint density at radius 3 is 2.67 bits per heavy atom. The third kappa shape index (κ3) is 4.87. The van der Waals surface area contributed by atoms with E-state index in [0.717, 1.165) is 18.4 Å². The van der Waals surface area contributed by atoms with Crippen molar-refractivity contribution in [1.29, 1.82) is 0 Å². The average Bonchev–Trinajstić information content (AvgIpc) is 3.09. The van der Waals surface area contributed by atoms with Crippen LogP contribution < -0.4 is 5.32 Å². The first-order valence-electron chi connectivity index (χ1n) is 9.16. The second kappa shape index (κ2) is 7.82. The van der Waals surface area contributed by atoms with Crippen molar-refractivity contribution in [3.63, 3.8) is 0 Å². The molecule has 0 bridgehead atoms. The fraction of sp³-hybridized carbons (Fsp3) is 0.450. The number of benzene rings is 1. The summed E-state index contributed by atoms with van der Waals surface area (Å²) in [5.74, 6) is -0.0371. The first-order chi connectivity index (χ1) is 12.8. The summed E-state index contributed by atoms with van der Waals surface area (Å²) >= 11 is 0. The summed E-state index contributed by atoms with van der Waals surface area (Å²) in [7, 11) is 0. The number of rotatable bonds is 3. The van der Waals surface area contributed by atoms with E-state index in [9.17, 15) is 9.59 Å². The highest BCUT2D eigenvalue weighted by molar-refractivity contribution is 5.96. The standard InChI is InChI=1S/C20H25N3O4/c1-20(2,3)26-19(25)23-12-8-7-11-16(23)18(24)21-17-13-15(22-27-17)14-9-5-4-6-10-14/h4-6,9-10,13,16H,7-8,11-12H2,1-3H3,(H,21,24). The van der Waals surface area contributed by atoms with Crippen molar-refractivity contribution in [2.45, 2.75) is 51.7 Å². The number of hydrogen-bond acceptors (Lipinski definition) is 5. The zero-order valence-corrected chi connectivity index (χ0v) is 15.9. The number of anilines is 1. The first kappa shape index (κ1) is 18.9. The molecule has 0 spiro atoms. The Morgan fingerprint density at radius 1 is 1.22 bits per heavy atom. The van der Waals surface area contributed by atoms with Gasteiger partial charge < -0.3 is 9.26 Å². The largest absolute Gasteiger partial charge is 0.444 e. The van der Waals surface area contributed by atoms with E-state index in [1.807, 2.05) is 51.1 Å². The number of nitrogens with one attached hydrogen (secondary N) is 1. The molecule has 0 aliphatic carbocycles. The Morgan fingerprint density at radius 2 is 1.96 bits per heavy atom. The van der Waals surface area contributed by atoms with Gasteiger partial charge in [0, 0.05) is 18.2 Å². The van der Waals surface area contributed by atoms with E-state index in [4.69, 9.17) is 9.26 Å². The van der Waals surface area contributed by atoms with E-state index in [2.05, 4.69) is 10.5 Å². The minimum atomic E-state index is -0.606. The maximum absolute atomic E-state index is 12.7. The number of likely N-dealkylation sites (tertiary alicyclic amines) is 1. The Balaban J connectivity index is 1.69. The van der Waals surface area contributed by atoms with Gasteiger partial charge in [-0.05, 0) is 40.0 Å². The van der Waals surface area contributed by atoms with Crippen molar-refractivity contribution in [2.75, 3.05) is 11.9 Å². The number of amides is 2. The molecule has 1 unspecified atom stereocenters. The number of nitrogens with zero attached hydrogens (tertiary/aromatic N) is 2. The molecule has 1 aromatic heterocycles. The van der Waals surface area contributed by atoms with E-state index in [0.29, 0.717) is 18.7 Å². The fourth-order valence-electron chi connectivity index (χ4n) is 3.03. The molecule has 1 atom stereocenters. The van der Waals surface area contributed by atoms with Crippen LogP contribution >= 0.6 is 0 Å². The van der Waals surface area contributed by atoms with E-state index in [-0.39, 0.29) is 11.8 Å². The molecule has 2 aromatic rings. The van der Waals surface area contributed by atoms with E-state index >= 15 is 0 Å². The summed E-state index contributed by atoms with van der Waals surface area (Å²) in [4.78, 5) is 26.7. The monoisotopic (exact) mass is 371 g/mol. The minimum Gasteiger partial charge on any atom is -0.444 e. The van der Waals surface area contributed by atoms with Crippen LogP contribution in [0.25, 0.3) is 11.3 Å². The highest BCUT2D eigenvalue weighted by Gasteiger charge is 2.35. The molecule has 1 aromatic carbocycles. The van der Waals surface area contributed by atoms with Gasteiger partial charge in [0.05, 0.1) is 0 Å². The average molecular weight is 371 g/mol. The quantitative estimate of drug-likeness (QED) is 0.879. The molecule has 1 aliphatic heterocycles. The molecule has 7 heteroatoms. The molecule has 2 heterocycles. The predicted molar refractivity (Wildman–Crippen MR) is 101 cm³/mol. The van der Waals surface area contributed by atoms with Crippen LogP contribution in [0.1, 0.15) is 40.0 Å². The smallest absolute Gasteiger partial charge is 0.410 e. The summed E-state index contributed by atoms with van der Waals surface area (Å²) in [6, 6.07) is 10.6. The van der Waals surface area contributed by atoms with Gasteiger partial charge >= 0.3 is 6.09 Å². The number of aromatic nitrogens is 1. The van der Waals surface area contributed by atoms with Gasteiger partial charge in [0.15, 0.2) is 0 Å². The lowest BCUT2D eigenvalue weighted by atomic mass is 10.0. The van der Waals surface area contributed by atoms with Gasteiger partial charge in [-0.1, -0.05) is 35.5 Å². The van der Waals surface area contributed by atoms with Crippen molar-refractivity contribution >= 4 is 17.9 Å². The van der Waals surface area contributed by atoms with Crippen LogP contribution in [0.2, 0.25) is 0 Å². The SMILES string of the molecule is CC(C)(C)OC(=O)N1CCCCC1C(=O)Nc1cc(-c2ccccc2)no1. The van der Waals surface area contributed by atoms with Gasteiger partial charge in [0.25, 0.3) is 0 Å². The maximum atomic E-state index is 12.7. The van der Waals surface area contributed by atoms with Crippen molar-refractivity contribution in [3.05, 3.63) is 36.4 Å². The number of ether oxygens (including phenoxy) is 1. The highest BCUT2D eigenvalue weighted by atomic mass is 16.6. The summed E-state index contributed by atoms with van der Waals surface area (Å²) in [5, 5.41) is 6.72. The van der Waals surface area contributed by atoms with Gasteiger partial charge in [0.2, 0.25) is 11.8 Å². The van der Waals surface area contributed by atoms with Crippen LogP contribution in [0.15, 0.2) is 40.9 Å². The molecule has 7 nitrogen and oxygen atoms in total. The van der Waals surface area contributed by atoms with Crippen LogP contribution in [0.5, 0.6) is 0 Å². The lowest BCUT2D eigenvalue weighted by Crippen LogP contribution is -2.51. The molecular formula is C20H25N3O4. The first-order valence-corrected chi connectivity index (χ1v) is 9.16. The topological polar surface area (TPSA) is 84.7 Å². The van der Waals surface area contributed by atoms with Gasteiger partial charge in [-0.3, -0.25) is 15.0 Å². The zero-order chi connectivity index (χ0) is 19.4. The van der Waals surface area contributed by atoms with Crippen LogP contribution in [0.4, 0.5) is 10.7 Å². The van der Waals surface area contributed by atoms with Crippen LogP contribution in [0.3, 0.4) is 0 Å². The molecule has 2 amide bonds. The molecule has 144 valence electrons. The van der Waals surface area contributed by atoms with Gasteiger partial charge in [-0.15, -0.1) is 0 Å². The third-order valence-corrected chi connectivity index (χ3v) is 4.26. The molecule has 0 radical (unpaired) electrons. The second-order valence-corrected chi connectivity index (χ2v) is 7.62. The molecule has 1 fully saturated rings. The molecule has 3 rings (SSSR count). The molecule has 0 saturated carbocycles. The lowest BCUT2D eigenvalue weighted by molar-refractivity contribution is -0.122. The normalized spacial score (nSPS) is 17.4. The number of carbonyl (C=O) groups excluding carboxylic acids is 2. The van der Waals surface area contributed by atoms with Gasteiger partial charge in [0.1, 0.15) is 17.3 Å². The fourth-order valence-corrected chi connectivity index (χ4v) is 3.03. The van der Waals surface area contributed by atoms with E-state index in [1.165, 1.54) is 4.90 Å². The second-order valence-electron chi connectivity index (χ2n) is 7.62. The van der Waals surface area contributed by atoms with Crippen molar-refractivity contribution in [2.24, 2.45) is 0 Å². The van der Waals surface area contributed by atoms with Crippen LogP contribution in [-0.4, -0.2) is 40.2 Å². The molecule has 1 N–H and O–H groups in total. The van der Waals surface area contributed by atoms with Gasteiger partial charge in [-0.2, -0.15) is 0 Å². The minimum absolute atomic E-state index is 0.258. The summed E-state index contributed by atoms with van der Waals surface area (Å²) in [5.41, 5.74) is 0.929. The summed E-state index contributed by atoms with van der Waals surface area (Å²) in [6.45, 7) is 5.93. The number of carbonyl (C=O) groups is 2. The molecule has 1 aliphatic rings. The zero-order valence-electron chi connectivity index (χ0n) is 15.9. The molecule has 1 saturated heterocycles. The highest BCUT2D eigenvalue weighted by Crippen LogP contribution is 2.24. The Bertz CT molecular complexity index is 795. The molecule has 27 heavy (non-hydrogen) atoms.